The van der Waals surface area contributed by atoms with Gasteiger partial charge in [0.1, 0.15) is 0 Å². The molecule has 0 nitrogen and oxygen atoms in total. The van der Waals surface area contributed by atoms with Gasteiger partial charge in [-0.3, -0.25) is 0 Å². The molecule has 1 aromatic heterocycles. The van der Waals surface area contributed by atoms with E-state index in [1.165, 1.54) is 147 Å². The highest BCUT2D eigenvalue weighted by Gasteiger charge is 2.53. The first-order valence-corrected chi connectivity index (χ1v) is 28.2. The second-order valence-electron chi connectivity index (χ2n) is 21.2. The van der Waals surface area contributed by atoms with Crippen LogP contribution in [0.2, 0.25) is 0 Å². The maximum atomic E-state index is 2.49. The van der Waals surface area contributed by atoms with Crippen LogP contribution < -0.4 is 0 Å². The van der Waals surface area contributed by atoms with Crippen LogP contribution in [0.1, 0.15) is 51.3 Å². The van der Waals surface area contributed by atoms with Crippen LogP contribution in [-0.4, -0.2) is 0 Å². The largest absolute Gasteiger partial charge is 0.135 e. The Morgan fingerprint density at radius 2 is 0.987 bits per heavy atom. The third-order valence-electron chi connectivity index (χ3n) is 17.3. The molecule has 0 bridgehead atoms. The third-order valence-corrected chi connectivity index (χ3v) is 18.5. The minimum Gasteiger partial charge on any atom is -0.135 e. The molecule has 364 valence electrons. The fraction of sp³-hybridized carbons (Fsp3) is 0.0390. The predicted octanol–water partition coefficient (Wildman–Crippen LogP) is 20.8. The van der Waals surface area contributed by atoms with Crippen LogP contribution in [0.5, 0.6) is 0 Å². The molecule has 0 saturated carbocycles. The second kappa shape index (κ2) is 17.9. The Morgan fingerprint density at radius 3 is 1.82 bits per heavy atom. The van der Waals surface area contributed by atoms with Gasteiger partial charge < -0.3 is 0 Å². The summed E-state index contributed by atoms with van der Waals surface area (Å²) in [7, 11) is 0. The third kappa shape index (κ3) is 6.65. The van der Waals surface area contributed by atoms with Crippen molar-refractivity contribution < 1.29 is 0 Å². The van der Waals surface area contributed by atoms with Gasteiger partial charge in [-0.25, -0.2) is 0 Å². The predicted molar refractivity (Wildman–Crippen MR) is 331 cm³/mol. The van der Waals surface area contributed by atoms with E-state index in [9.17, 15) is 0 Å². The summed E-state index contributed by atoms with van der Waals surface area (Å²) in [5.74, 6) is -0.0165. The smallest absolute Gasteiger partial charge is 0.0725 e. The lowest BCUT2D eigenvalue weighted by Gasteiger charge is -2.31. The molecule has 78 heavy (non-hydrogen) atoms. The van der Waals surface area contributed by atoms with Gasteiger partial charge in [0.2, 0.25) is 0 Å². The highest BCUT2D eigenvalue weighted by molar-refractivity contribution is 7.26. The van der Waals surface area contributed by atoms with Crippen molar-refractivity contribution in [3.8, 4) is 55.6 Å². The maximum absolute atomic E-state index is 2.49. The summed E-state index contributed by atoms with van der Waals surface area (Å²) in [6.45, 7) is 0. The molecular formula is C77H50S. The SMILES string of the molecule is C1=CCC=C2C(=C1)C1(c3ccccc32)c2ccccc2-c2c(-c3cccc4c3sc3cccc(-c5cc6cc(C(c7ccc(-c8ccccc8)cc7)c7ccccc7-c7ccccc7)ccc6c6ccccc56)c34)cccc21. The Bertz CT molecular complexity index is 4680. The normalized spacial score (nSPS) is 15.5. The lowest BCUT2D eigenvalue weighted by Crippen LogP contribution is -2.26. The minimum absolute atomic E-state index is 0.0165. The van der Waals surface area contributed by atoms with E-state index >= 15 is 0 Å². The van der Waals surface area contributed by atoms with Crippen molar-refractivity contribution >= 4 is 58.6 Å². The van der Waals surface area contributed by atoms with Gasteiger partial charge in [-0.05, 0) is 140 Å². The summed E-state index contributed by atoms with van der Waals surface area (Å²) in [6.07, 6.45) is 10.3. The molecule has 0 N–H and O–H groups in total. The summed E-state index contributed by atoms with van der Waals surface area (Å²) < 4.78 is 2.62. The number of allylic oxidation sites excluding steroid dienone is 6. The lowest BCUT2D eigenvalue weighted by atomic mass is 9.70. The molecule has 16 rings (SSSR count). The van der Waals surface area contributed by atoms with E-state index in [1.807, 2.05) is 11.3 Å². The first-order chi connectivity index (χ1) is 38.7. The van der Waals surface area contributed by atoms with Crippen molar-refractivity contribution in [3.63, 3.8) is 0 Å². The average molecular weight is 1010 g/mol. The second-order valence-corrected chi connectivity index (χ2v) is 22.3. The van der Waals surface area contributed by atoms with Crippen LogP contribution in [-0.2, 0) is 5.41 Å². The summed E-state index contributed by atoms with van der Waals surface area (Å²) in [5.41, 5.74) is 24.3. The van der Waals surface area contributed by atoms with Crippen LogP contribution in [0, 0.1) is 0 Å². The van der Waals surface area contributed by atoms with E-state index < -0.39 is 5.41 Å². The van der Waals surface area contributed by atoms with Crippen LogP contribution in [0.15, 0.2) is 291 Å². The Balaban J connectivity index is 0.884. The molecule has 0 amide bonds. The van der Waals surface area contributed by atoms with Crippen LogP contribution in [0.3, 0.4) is 0 Å². The zero-order chi connectivity index (χ0) is 51.3. The first-order valence-electron chi connectivity index (χ1n) is 27.3. The van der Waals surface area contributed by atoms with Gasteiger partial charge in [0.05, 0.1) is 5.41 Å². The number of thiophene rings is 1. The van der Waals surface area contributed by atoms with E-state index in [0.717, 1.165) is 6.42 Å². The molecule has 1 spiro atoms. The monoisotopic (exact) mass is 1010 g/mol. The van der Waals surface area contributed by atoms with E-state index in [4.69, 9.17) is 0 Å². The number of benzene rings is 12. The molecule has 0 fully saturated rings. The number of fused-ring (bicyclic) bond motifs is 16. The average Bonchev–Trinajstić information content (AvgIpc) is 4.06. The van der Waals surface area contributed by atoms with Crippen LogP contribution >= 0.6 is 11.3 Å². The van der Waals surface area contributed by atoms with Crippen molar-refractivity contribution in [2.75, 3.05) is 0 Å². The van der Waals surface area contributed by atoms with Crippen LogP contribution in [0.25, 0.3) is 103 Å². The first kappa shape index (κ1) is 44.9. The maximum Gasteiger partial charge on any atom is 0.0725 e. The quantitative estimate of drug-likeness (QED) is 0.110. The molecule has 2 unspecified atom stereocenters. The zero-order valence-electron chi connectivity index (χ0n) is 42.8. The Hall–Kier alpha value is -9.40. The topological polar surface area (TPSA) is 0 Å². The van der Waals surface area contributed by atoms with Crippen molar-refractivity contribution in [2.45, 2.75) is 17.8 Å². The lowest BCUT2D eigenvalue weighted by molar-refractivity contribution is 0.795. The molecule has 2 atom stereocenters. The number of hydrogen-bond acceptors (Lipinski definition) is 1. The fourth-order valence-corrected chi connectivity index (χ4v) is 15.3. The van der Waals surface area contributed by atoms with Crippen molar-refractivity contribution in [1.29, 1.82) is 0 Å². The van der Waals surface area contributed by atoms with Gasteiger partial charge in [-0.1, -0.05) is 273 Å². The highest BCUT2D eigenvalue weighted by atomic mass is 32.1. The van der Waals surface area contributed by atoms with Gasteiger partial charge in [0.25, 0.3) is 0 Å². The molecule has 0 radical (unpaired) electrons. The fourth-order valence-electron chi connectivity index (χ4n) is 14.0. The van der Waals surface area contributed by atoms with E-state index in [-0.39, 0.29) is 5.92 Å². The minimum atomic E-state index is -0.407. The van der Waals surface area contributed by atoms with Crippen molar-refractivity contribution in [2.24, 2.45) is 0 Å². The summed E-state index contributed by atoms with van der Waals surface area (Å²) >= 11 is 1.93. The number of hydrogen-bond donors (Lipinski definition) is 0. The molecule has 3 aliphatic rings. The van der Waals surface area contributed by atoms with Gasteiger partial charge in [0.15, 0.2) is 0 Å². The standard InChI is InChI=1S/C77H50S/c1-4-21-49(22-5-1)50-41-43-52(44-42-50)73(61-30-13-10-25-55(61)51-23-6-2-7-24-51)53-45-46-56-54(47-53)48-67(58-27-12-11-26-57(56)58)63-33-20-40-72-75(63)66-35-18-34-64(76(66)78-72)62-32-19-39-71-74(62)65-31-15-17-38-70(65)77(71)68-36-9-3-8-28-59(68)60-29-14-16-37-69(60)77/h1-7,9-48,73H,8H2. The Kier molecular flexibility index (Phi) is 10.3. The Morgan fingerprint density at radius 1 is 0.385 bits per heavy atom. The molecule has 0 saturated heterocycles. The molecule has 1 heterocycles. The van der Waals surface area contributed by atoms with E-state index in [1.54, 1.807) is 0 Å². The van der Waals surface area contributed by atoms with Gasteiger partial charge in [0, 0.05) is 31.7 Å². The van der Waals surface area contributed by atoms with E-state index in [0.29, 0.717) is 0 Å². The molecule has 3 aliphatic carbocycles. The van der Waals surface area contributed by atoms with Crippen molar-refractivity contribution in [3.05, 3.63) is 330 Å². The van der Waals surface area contributed by atoms with Gasteiger partial charge >= 0.3 is 0 Å². The molecular weight excluding hydrogens is 957 g/mol. The zero-order valence-corrected chi connectivity index (χ0v) is 43.6. The number of rotatable bonds is 7. The summed E-state index contributed by atoms with van der Waals surface area (Å²) in [4.78, 5) is 0. The molecule has 0 aliphatic heterocycles. The van der Waals surface area contributed by atoms with Crippen LogP contribution in [0.4, 0.5) is 0 Å². The Labute approximate surface area is 458 Å². The summed E-state index contributed by atoms with van der Waals surface area (Å²) in [5, 5.41) is 7.63. The highest BCUT2D eigenvalue weighted by Crippen LogP contribution is 2.65. The van der Waals surface area contributed by atoms with E-state index in [2.05, 4.69) is 285 Å². The molecule has 12 aromatic carbocycles. The van der Waals surface area contributed by atoms with Crippen molar-refractivity contribution in [1.82, 2.24) is 0 Å². The van der Waals surface area contributed by atoms with Gasteiger partial charge in [-0.15, -0.1) is 11.3 Å². The molecule has 1 heteroatoms. The van der Waals surface area contributed by atoms with Gasteiger partial charge in [-0.2, -0.15) is 0 Å². The molecule has 13 aromatic rings. The summed E-state index contributed by atoms with van der Waals surface area (Å²) in [6, 6.07) is 98.1.